The number of carbonyl (C=O) groups excluding carboxylic acids is 1. The van der Waals surface area contributed by atoms with Crippen LogP contribution in [0.2, 0.25) is 0 Å². The Labute approximate surface area is 127 Å². The molecule has 2 aliphatic rings. The first-order chi connectivity index (χ1) is 10.2. The molecule has 0 aromatic heterocycles. The highest BCUT2D eigenvalue weighted by molar-refractivity contribution is 7.80. The highest BCUT2D eigenvalue weighted by atomic mass is 32.3. The summed E-state index contributed by atoms with van der Waals surface area (Å²) in [5.41, 5.74) is -0.343. The minimum absolute atomic E-state index is 0.220. The second kappa shape index (κ2) is 4.98. The standard InChI is InChI=1S/C13H15FN2O5S/c1-13-11(17)16(13)7-6-15(12(13)21-22(18,19)20)8-9-2-4-10(14)5-3-9/h2-5,12H,6-8H2,1H3,(H,18,19,20). The van der Waals surface area contributed by atoms with Gasteiger partial charge >= 0.3 is 10.4 Å². The first kappa shape index (κ1) is 15.3. The summed E-state index contributed by atoms with van der Waals surface area (Å²) in [7, 11) is -4.70. The van der Waals surface area contributed by atoms with Gasteiger partial charge in [0.15, 0.2) is 11.8 Å². The quantitative estimate of drug-likeness (QED) is 0.635. The second-order valence-electron chi connectivity index (χ2n) is 5.58. The number of benzene rings is 1. The lowest BCUT2D eigenvalue weighted by molar-refractivity contribution is -0.115. The van der Waals surface area contributed by atoms with Crippen LogP contribution in [0.15, 0.2) is 24.3 Å². The molecule has 0 aliphatic carbocycles. The fraction of sp³-hybridized carbons (Fsp3) is 0.462. The number of carbonyl (C=O) groups is 1. The molecule has 2 saturated heterocycles. The second-order valence-corrected chi connectivity index (χ2v) is 6.63. The Bertz CT molecular complexity index is 708. The van der Waals surface area contributed by atoms with Crippen LogP contribution in [0.4, 0.5) is 4.39 Å². The zero-order chi connectivity index (χ0) is 16.1. The van der Waals surface area contributed by atoms with Gasteiger partial charge in [0.1, 0.15) is 5.82 Å². The molecule has 0 radical (unpaired) electrons. The van der Waals surface area contributed by atoms with Crippen LogP contribution in [-0.4, -0.2) is 53.5 Å². The molecule has 1 N–H and O–H groups in total. The van der Waals surface area contributed by atoms with E-state index in [2.05, 4.69) is 0 Å². The minimum Gasteiger partial charge on any atom is -0.321 e. The van der Waals surface area contributed by atoms with Crippen LogP contribution in [0.1, 0.15) is 12.5 Å². The van der Waals surface area contributed by atoms with Crippen molar-refractivity contribution in [2.45, 2.75) is 25.2 Å². The SMILES string of the molecule is CC12C(=O)N1CCN(Cc1ccc(F)cc1)C2OS(=O)(=O)O. The van der Waals surface area contributed by atoms with E-state index in [1.807, 2.05) is 0 Å². The smallest absolute Gasteiger partial charge is 0.321 e. The molecule has 1 aromatic carbocycles. The van der Waals surface area contributed by atoms with E-state index in [-0.39, 0.29) is 18.3 Å². The zero-order valence-corrected chi connectivity index (χ0v) is 12.6. The summed E-state index contributed by atoms with van der Waals surface area (Å²) in [6.45, 7) is 2.68. The number of hydrogen-bond acceptors (Lipinski definition) is 5. The van der Waals surface area contributed by atoms with Crippen molar-refractivity contribution in [3.8, 4) is 0 Å². The Kier molecular flexibility index (Phi) is 3.48. The Morgan fingerprint density at radius 2 is 2.00 bits per heavy atom. The molecular formula is C13H15FN2O5S. The monoisotopic (exact) mass is 330 g/mol. The predicted octanol–water partition coefficient (Wildman–Crippen LogP) is 0.388. The highest BCUT2D eigenvalue weighted by Gasteiger charge is 2.68. The fourth-order valence-electron chi connectivity index (χ4n) is 2.91. The van der Waals surface area contributed by atoms with E-state index >= 15 is 0 Å². The minimum atomic E-state index is -4.70. The van der Waals surface area contributed by atoms with Crippen LogP contribution >= 0.6 is 0 Å². The molecule has 0 saturated carbocycles. The van der Waals surface area contributed by atoms with Gasteiger partial charge in [0.25, 0.3) is 5.91 Å². The third kappa shape index (κ3) is 2.60. The normalized spacial score (nSPS) is 28.6. The molecule has 3 rings (SSSR count). The van der Waals surface area contributed by atoms with Crippen LogP contribution < -0.4 is 0 Å². The van der Waals surface area contributed by atoms with E-state index in [0.29, 0.717) is 13.1 Å². The largest absolute Gasteiger partial charge is 0.399 e. The summed E-state index contributed by atoms with van der Waals surface area (Å²) in [5.74, 6) is -0.591. The summed E-state index contributed by atoms with van der Waals surface area (Å²) >= 11 is 0. The third-order valence-corrected chi connectivity index (χ3v) is 4.55. The highest BCUT2D eigenvalue weighted by Crippen LogP contribution is 2.43. The van der Waals surface area contributed by atoms with E-state index in [0.717, 1.165) is 5.56 Å². The molecule has 0 bridgehead atoms. The molecule has 9 heteroatoms. The molecule has 7 nitrogen and oxygen atoms in total. The van der Waals surface area contributed by atoms with Gasteiger partial charge in [0.2, 0.25) is 0 Å². The molecule has 2 heterocycles. The molecule has 2 atom stereocenters. The van der Waals surface area contributed by atoms with Gasteiger partial charge in [-0.25, -0.2) is 8.57 Å². The molecule has 2 unspecified atom stereocenters. The summed E-state index contributed by atoms with van der Waals surface area (Å²) in [6.07, 6.45) is -1.12. The van der Waals surface area contributed by atoms with Crippen molar-refractivity contribution in [1.82, 2.24) is 9.80 Å². The summed E-state index contributed by atoms with van der Waals surface area (Å²) in [5, 5.41) is 0. The number of halogens is 1. The van der Waals surface area contributed by atoms with Crippen molar-refractivity contribution < 1.29 is 26.3 Å². The topological polar surface area (TPSA) is 86.9 Å². The van der Waals surface area contributed by atoms with Crippen LogP contribution in [-0.2, 0) is 25.9 Å². The van der Waals surface area contributed by atoms with Gasteiger partial charge in [-0.2, -0.15) is 8.42 Å². The number of amides is 1. The molecule has 22 heavy (non-hydrogen) atoms. The maximum absolute atomic E-state index is 12.9. The first-order valence-electron chi connectivity index (χ1n) is 6.68. The van der Waals surface area contributed by atoms with Gasteiger partial charge in [-0.05, 0) is 24.6 Å². The van der Waals surface area contributed by atoms with Crippen molar-refractivity contribution >= 4 is 16.3 Å². The van der Waals surface area contributed by atoms with Gasteiger partial charge in [-0.15, -0.1) is 0 Å². The zero-order valence-electron chi connectivity index (χ0n) is 11.8. The van der Waals surface area contributed by atoms with Crippen LogP contribution in [0, 0.1) is 5.82 Å². The number of fused-ring (bicyclic) bond motifs is 1. The number of piperazine rings is 1. The van der Waals surface area contributed by atoms with E-state index in [9.17, 15) is 17.6 Å². The van der Waals surface area contributed by atoms with Gasteiger partial charge in [-0.3, -0.25) is 14.2 Å². The fourth-order valence-corrected chi connectivity index (χ4v) is 3.44. The van der Waals surface area contributed by atoms with E-state index in [1.165, 1.54) is 17.0 Å². The van der Waals surface area contributed by atoms with Gasteiger partial charge in [0, 0.05) is 19.6 Å². The first-order valence-corrected chi connectivity index (χ1v) is 8.04. The molecule has 2 aliphatic heterocycles. The molecule has 120 valence electrons. The third-order valence-electron chi connectivity index (χ3n) is 4.12. The van der Waals surface area contributed by atoms with Crippen molar-refractivity contribution in [2.24, 2.45) is 0 Å². The van der Waals surface area contributed by atoms with E-state index in [4.69, 9.17) is 8.74 Å². The number of rotatable bonds is 4. The Morgan fingerprint density at radius 1 is 1.36 bits per heavy atom. The van der Waals surface area contributed by atoms with Crippen molar-refractivity contribution in [3.05, 3.63) is 35.6 Å². The van der Waals surface area contributed by atoms with Gasteiger partial charge in [0.05, 0.1) is 0 Å². The van der Waals surface area contributed by atoms with Crippen molar-refractivity contribution in [1.29, 1.82) is 0 Å². The summed E-state index contributed by atoms with van der Waals surface area (Å²) in [4.78, 5) is 15.0. The van der Waals surface area contributed by atoms with E-state index < -0.39 is 22.2 Å². The maximum Gasteiger partial charge on any atom is 0.399 e. The average Bonchev–Trinajstić information content (AvgIpc) is 2.97. The van der Waals surface area contributed by atoms with Gasteiger partial charge in [-0.1, -0.05) is 12.1 Å². The number of nitrogens with zero attached hydrogens (tertiary/aromatic N) is 2. The number of hydrogen-bond donors (Lipinski definition) is 1. The van der Waals surface area contributed by atoms with Crippen molar-refractivity contribution in [3.63, 3.8) is 0 Å². The summed E-state index contributed by atoms with van der Waals surface area (Å²) in [6, 6.07) is 5.75. The Morgan fingerprint density at radius 3 is 2.59 bits per heavy atom. The lowest BCUT2D eigenvalue weighted by Crippen LogP contribution is -2.54. The lowest BCUT2D eigenvalue weighted by Gasteiger charge is -2.37. The lowest BCUT2D eigenvalue weighted by atomic mass is 10.1. The van der Waals surface area contributed by atoms with E-state index in [1.54, 1.807) is 24.0 Å². The van der Waals surface area contributed by atoms with Crippen LogP contribution in [0.5, 0.6) is 0 Å². The molecule has 0 spiro atoms. The van der Waals surface area contributed by atoms with Crippen molar-refractivity contribution in [2.75, 3.05) is 13.1 Å². The molecule has 1 amide bonds. The van der Waals surface area contributed by atoms with Gasteiger partial charge < -0.3 is 4.90 Å². The summed E-state index contributed by atoms with van der Waals surface area (Å²) < 4.78 is 48.8. The molecule has 2 fully saturated rings. The van der Waals surface area contributed by atoms with Crippen LogP contribution in [0.3, 0.4) is 0 Å². The van der Waals surface area contributed by atoms with Crippen LogP contribution in [0.25, 0.3) is 0 Å². The average molecular weight is 330 g/mol. The predicted molar refractivity (Wildman–Crippen MR) is 73.3 cm³/mol. The Hall–Kier alpha value is -1.55. The maximum atomic E-state index is 12.9. The molecular weight excluding hydrogens is 315 g/mol. The Balaban J connectivity index is 1.85. The molecule has 1 aromatic rings.